The highest BCUT2D eigenvalue weighted by Gasteiger charge is 2.38. The van der Waals surface area contributed by atoms with Gasteiger partial charge in [0.15, 0.2) is 0 Å². The van der Waals surface area contributed by atoms with Crippen molar-refractivity contribution in [3.63, 3.8) is 0 Å². The molecule has 5 heteroatoms. The highest BCUT2D eigenvalue weighted by Crippen LogP contribution is 2.30. The van der Waals surface area contributed by atoms with Crippen LogP contribution in [0, 0.1) is 3.57 Å². The van der Waals surface area contributed by atoms with Crippen LogP contribution in [0.25, 0.3) is 0 Å². The molecule has 1 aromatic rings. The molecule has 1 saturated carbocycles. The molecule has 0 heterocycles. The van der Waals surface area contributed by atoms with Crippen molar-refractivity contribution in [2.24, 2.45) is 5.73 Å². The molecular weight excluding hydrogens is 359 g/mol. The van der Waals surface area contributed by atoms with Gasteiger partial charge in [-0.2, -0.15) is 0 Å². The van der Waals surface area contributed by atoms with Crippen LogP contribution in [0.3, 0.4) is 0 Å². The molecule has 3 nitrogen and oxygen atoms in total. The Morgan fingerprint density at radius 1 is 1.39 bits per heavy atom. The maximum Gasteiger partial charge on any atom is 0.252 e. The van der Waals surface area contributed by atoms with Gasteiger partial charge in [-0.1, -0.05) is 31.1 Å². The van der Waals surface area contributed by atoms with Gasteiger partial charge in [0, 0.05) is 9.13 Å². The van der Waals surface area contributed by atoms with Crippen molar-refractivity contribution < 1.29 is 4.79 Å². The normalized spacial score (nSPS) is 17.4. The second-order valence-electron chi connectivity index (χ2n) is 4.62. The van der Waals surface area contributed by atoms with Gasteiger partial charge in [0.2, 0.25) is 0 Å². The maximum absolute atomic E-state index is 12.2. The number of amides is 1. The van der Waals surface area contributed by atoms with E-state index in [4.69, 9.17) is 18.0 Å². The molecule has 1 fully saturated rings. The van der Waals surface area contributed by atoms with Crippen LogP contribution in [0.4, 0.5) is 0 Å². The van der Waals surface area contributed by atoms with Gasteiger partial charge in [-0.3, -0.25) is 4.79 Å². The van der Waals surface area contributed by atoms with Crippen LogP contribution in [0.5, 0.6) is 0 Å². The molecule has 0 atom stereocenters. The molecule has 0 bridgehead atoms. The predicted molar refractivity (Wildman–Crippen MR) is 84.6 cm³/mol. The van der Waals surface area contributed by atoms with Gasteiger partial charge >= 0.3 is 0 Å². The molecular formula is C13H15IN2OS. The smallest absolute Gasteiger partial charge is 0.252 e. The number of thiocarbonyl (C=S) groups is 1. The number of nitrogens with two attached hydrogens (primary N) is 1. The summed E-state index contributed by atoms with van der Waals surface area (Å²) in [7, 11) is 0. The van der Waals surface area contributed by atoms with Crippen molar-refractivity contribution in [1.29, 1.82) is 0 Å². The summed E-state index contributed by atoms with van der Waals surface area (Å²) in [5, 5.41) is 3.03. The lowest BCUT2D eigenvalue weighted by Gasteiger charge is -2.29. The van der Waals surface area contributed by atoms with Crippen molar-refractivity contribution in [2.45, 2.75) is 31.2 Å². The number of carbonyl (C=O) groups excluding carboxylic acids is 1. The molecule has 1 aromatic carbocycles. The molecule has 96 valence electrons. The predicted octanol–water partition coefficient (Wildman–Crippen LogP) is 2.62. The van der Waals surface area contributed by atoms with E-state index in [0.29, 0.717) is 10.6 Å². The third kappa shape index (κ3) is 2.83. The summed E-state index contributed by atoms with van der Waals surface area (Å²) in [6, 6.07) is 7.49. The van der Waals surface area contributed by atoms with Gasteiger partial charge in [-0.15, -0.1) is 0 Å². The van der Waals surface area contributed by atoms with Crippen LogP contribution in [-0.2, 0) is 0 Å². The van der Waals surface area contributed by atoms with Crippen LogP contribution in [0.2, 0.25) is 0 Å². The van der Waals surface area contributed by atoms with Crippen LogP contribution in [-0.4, -0.2) is 16.4 Å². The van der Waals surface area contributed by atoms with Crippen LogP contribution in [0.1, 0.15) is 36.0 Å². The van der Waals surface area contributed by atoms with Crippen molar-refractivity contribution in [3.05, 3.63) is 33.4 Å². The standard InChI is InChI=1S/C13H15IN2OS/c14-10-5-3-4-9(8-10)11(17)16-13(12(15)18)6-1-2-7-13/h3-5,8H,1-2,6-7H2,(H2,15,18)(H,16,17). The molecule has 18 heavy (non-hydrogen) atoms. The fourth-order valence-corrected chi connectivity index (χ4v) is 3.13. The van der Waals surface area contributed by atoms with Crippen molar-refractivity contribution >= 4 is 45.7 Å². The second-order valence-corrected chi connectivity index (χ2v) is 6.30. The number of nitrogens with one attached hydrogen (secondary N) is 1. The Kier molecular flexibility index (Phi) is 4.21. The summed E-state index contributed by atoms with van der Waals surface area (Å²) in [6.07, 6.45) is 3.81. The highest BCUT2D eigenvalue weighted by atomic mass is 127. The minimum Gasteiger partial charge on any atom is -0.391 e. The molecule has 2 rings (SSSR count). The summed E-state index contributed by atoms with van der Waals surface area (Å²) in [5.41, 5.74) is 5.98. The van der Waals surface area contributed by atoms with E-state index >= 15 is 0 Å². The quantitative estimate of drug-likeness (QED) is 0.632. The van der Waals surface area contributed by atoms with Crippen molar-refractivity contribution in [2.75, 3.05) is 0 Å². The largest absolute Gasteiger partial charge is 0.391 e. The van der Waals surface area contributed by atoms with Gasteiger partial charge in [-0.25, -0.2) is 0 Å². The Morgan fingerprint density at radius 2 is 2.06 bits per heavy atom. The molecule has 0 aliphatic heterocycles. The summed E-state index contributed by atoms with van der Waals surface area (Å²) >= 11 is 7.31. The number of hydrogen-bond donors (Lipinski definition) is 2. The first-order valence-electron chi connectivity index (χ1n) is 5.91. The monoisotopic (exact) mass is 374 g/mol. The summed E-state index contributed by atoms with van der Waals surface area (Å²) in [5.74, 6) is -0.0942. The first-order chi connectivity index (χ1) is 8.53. The molecule has 1 aliphatic carbocycles. The average molecular weight is 374 g/mol. The van der Waals surface area contributed by atoms with Gasteiger partial charge in [-0.05, 0) is 53.6 Å². The SMILES string of the molecule is NC(=S)C1(NC(=O)c2cccc(I)c2)CCCC1. The fraction of sp³-hybridized carbons (Fsp3) is 0.385. The Hall–Kier alpha value is -0.690. The second kappa shape index (κ2) is 5.52. The molecule has 3 N–H and O–H groups in total. The molecule has 1 aliphatic rings. The zero-order valence-electron chi connectivity index (χ0n) is 9.91. The third-order valence-corrected chi connectivity index (χ3v) is 4.43. The topological polar surface area (TPSA) is 55.1 Å². The van der Waals surface area contributed by atoms with Crippen molar-refractivity contribution in [3.8, 4) is 0 Å². The minimum absolute atomic E-state index is 0.0942. The summed E-state index contributed by atoms with van der Waals surface area (Å²) in [6.45, 7) is 0. The molecule has 1 amide bonds. The molecule has 0 aromatic heterocycles. The Morgan fingerprint density at radius 3 is 2.61 bits per heavy atom. The Labute approximate surface area is 126 Å². The van der Waals surface area contributed by atoms with E-state index in [1.54, 1.807) is 6.07 Å². The Bertz CT molecular complexity index is 484. The van der Waals surface area contributed by atoms with E-state index in [1.165, 1.54) is 0 Å². The van der Waals surface area contributed by atoms with Gasteiger partial charge in [0.05, 0.1) is 10.5 Å². The lowest BCUT2D eigenvalue weighted by Crippen LogP contribution is -2.54. The van der Waals surface area contributed by atoms with E-state index in [2.05, 4.69) is 27.9 Å². The average Bonchev–Trinajstić information content (AvgIpc) is 2.79. The van der Waals surface area contributed by atoms with E-state index < -0.39 is 5.54 Å². The maximum atomic E-state index is 12.2. The van der Waals surface area contributed by atoms with Gasteiger partial charge in [0.25, 0.3) is 5.91 Å². The zero-order valence-corrected chi connectivity index (χ0v) is 12.9. The molecule has 0 saturated heterocycles. The lowest BCUT2D eigenvalue weighted by atomic mass is 9.97. The minimum atomic E-state index is -0.478. The van der Waals surface area contributed by atoms with Gasteiger partial charge < -0.3 is 11.1 Å². The van der Waals surface area contributed by atoms with E-state index in [0.717, 1.165) is 29.3 Å². The van der Waals surface area contributed by atoms with E-state index in [9.17, 15) is 4.79 Å². The number of hydrogen-bond acceptors (Lipinski definition) is 2. The van der Waals surface area contributed by atoms with E-state index in [-0.39, 0.29) is 5.91 Å². The Balaban J connectivity index is 2.18. The van der Waals surface area contributed by atoms with Crippen molar-refractivity contribution in [1.82, 2.24) is 5.32 Å². The number of benzene rings is 1. The molecule has 0 unspecified atom stereocenters. The van der Waals surface area contributed by atoms with Crippen LogP contribution in [0.15, 0.2) is 24.3 Å². The zero-order chi connectivity index (χ0) is 13.2. The molecule has 0 radical (unpaired) electrons. The third-order valence-electron chi connectivity index (χ3n) is 3.37. The number of carbonyl (C=O) groups is 1. The first-order valence-corrected chi connectivity index (χ1v) is 7.40. The number of rotatable bonds is 3. The van der Waals surface area contributed by atoms with E-state index in [1.807, 2.05) is 18.2 Å². The van der Waals surface area contributed by atoms with Crippen LogP contribution >= 0.6 is 34.8 Å². The van der Waals surface area contributed by atoms with Gasteiger partial charge in [0.1, 0.15) is 0 Å². The van der Waals surface area contributed by atoms with Crippen LogP contribution < -0.4 is 11.1 Å². The first kappa shape index (κ1) is 13.7. The fourth-order valence-electron chi connectivity index (χ4n) is 2.33. The molecule has 0 spiro atoms. The summed E-state index contributed by atoms with van der Waals surface area (Å²) in [4.78, 5) is 12.6. The lowest BCUT2D eigenvalue weighted by molar-refractivity contribution is 0.0924. The highest BCUT2D eigenvalue weighted by molar-refractivity contribution is 14.1. The summed E-state index contributed by atoms with van der Waals surface area (Å²) < 4.78 is 1.04. The number of halogens is 1.